The molecule has 0 radical (unpaired) electrons. The average molecular weight is 466 g/mol. The van der Waals surface area contributed by atoms with Gasteiger partial charge in [-0.1, -0.05) is 73.6 Å². The fourth-order valence-corrected chi connectivity index (χ4v) is 4.23. The van der Waals surface area contributed by atoms with Crippen molar-refractivity contribution in [3.05, 3.63) is 77.1 Å². The van der Waals surface area contributed by atoms with Gasteiger partial charge in [0.05, 0.1) is 17.8 Å². The Hall–Kier alpha value is -3.13. The molecule has 2 aromatic carbocycles. The number of benzene rings is 2. The average Bonchev–Trinajstić information content (AvgIpc) is 3.16. The number of aromatic nitrogens is 3. The van der Waals surface area contributed by atoms with Crippen LogP contribution in [0, 0.1) is 12.8 Å². The summed E-state index contributed by atoms with van der Waals surface area (Å²) in [7, 11) is 1.86. The van der Waals surface area contributed by atoms with Gasteiger partial charge in [-0.3, -0.25) is 9.59 Å². The van der Waals surface area contributed by atoms with Crippen LogP contribution in [-0.4, -0.2) is 32.3 Å². The number of carbonyl (C=O) groups excluding carboxylic acids is 2. The number of carbonyl (C=O) groups is 2. The SMILES string of the molecule is Cc1cccc(C(=O)N[C@H](c2nnc(SCC(=O)N[C@H](C)c3ccccc3)n2C)C(C)C)c1. The Morgan fingerprint density at radius 1 is 1.00 bits per heavy atom. The molecule has 1 aromatic heterocycles. The van der Waals surface area contributed by atoms with Crippen LogP contribution < -0.4 is 10.6 Å². The summed E-state index contributed by atoms with van der Waals surface area (Å²) in [5.74, 6) is 0.768. The van der Waals surface area contributed by atoms with Gasteiger partial charge in [0, 0.05) is 12.6 Å². The summed E-state index contributed by atoms with van der Waals surface area (Å²) in [6.45, 7) is 7.98. The standard InChI is InChI=1S/C25H31N5O2S/c1-16(2)22(27-24(32)20-13-9-10-17(3)14-20)23-28-29-25(30(23)5)33-15-21(31)26-18(4)19-11-7-6-8-12-19/h6-14,16,18,22H,15H2,1-5H3,(H,26,31)(H,27,32)/t18-,22+/m1/s1. The van der Waals surface area contributed by atoms with Crippen LogP contribution in [0.2, 0.25) is 0 Å². The monoisotopic (exact) mass is 465 g/mol. The third-order valence-corrected chi connectivity index (χ3v) is 6.41. The van der Waals surface area contributed by atoms with Gasteiger partial charge in [-0.05, 0) is 37.5 Å². The van der Waals surface area contributed by atoms with E-state index in [-0.39, 0.29) is 35.6 Å². The first-order chi connectivity index (χ1) is 15.8. The minimum atomic E-state index is -0.309. The molecule has 7 nitrogen and oxygen atoms in total. The smallest absolute Gasteiger partial charge is 0.251 e. The van der Waals surface area contributed by atoms with Gasteiger partial charge in [-0.15, -0.1) is 10.2 Å². The third-order valence-electron chi connectivity index (χ3n) is 5.39. The van der Waals surface area contributed by atoms with Crippen LogP contribution in [0.3, 0.4) is 0 Å². The molecule has 0 saturated heterocycles. The zero-order valence-electron chi connectivity index (χ0n) is 19.7. The van der Waals surface area contributed by atoms with Crippen molar-refractivity contribution in [2.24, 2.45) is 13.0 Å². The Bertz CT molecular complexity index is 1100. The van der Waals surface area contributed by atoms with Crippen LogP contribution in [0.15, 0.2) is 59.8 Å². The molecule has 3 aromatic rings. The van der Waals surface area contributed by atoms with Crippen molar-refractivity contribution < 1.29 is 9.59 Å². The number of rotatable bonds is 9. The van der Waals surface area contributed by atoms with Gasteiger partial charge < -0.3 is 15.2 Å². The first-order valence-electron chi connectivity index (χ1n) is 11.0. The predicted octanol–water partition coefficient (Wildman–Crippen LogP) is 4.22. The van der Waals surface area contributed by atoms with Crippen molar-refractivity contribution in [3.63, 3.8) is 0 Å². The molecule has 0 aliphatic heterocycles. The van der Waals surface area contributed by atoms with Gasteiger partial charge in [0.15, 0.2) is 11.0 Å². The van der Waals surface area contributed by atoms with Crippen molar-refractivity contribution >= 4 is 23.6 Å². The Labute approximate surface area is 199 Å². The molecule has 2 amide bonds. The van der Waals surface area contributed by atoms with Crippen LogP contribution in [-0.2, 0) is 11.8 Å². The molecule has 0 saturated carbocycles. The molecule has 0 spiro atoms. The van der Waals surface area contributed by atoms with E-state index in [1.54, 1.807) is 6.07 Å². The number of thioether (sulfide) groups is 1. The first kappa shape index (κ1) is 24.5. The highest BCUT2D eigenvalue weighted by Gasteiger charge is 2.25. The van der Waals surface area contributed by atoms with Crippen molar-refractivity contribution in [1.29, 1.82) is 0 Å². The van der Waals surface area contributed by atoms with E-state index in [1.807, 2.05) is 87.8 Å². The van der Waals surface area contributed by atoms with Gasteiger partial charge in [0.25, 0.3) is 5.91 Å². The normalized spacial score (nSPS) is 12.9. The molecule has 3 rings (SSSR count). The Balaban J connectivity index is 1.64. The number of aryl methyl sites for hydroxylation is 1. The molecular weight excluding hydrogens is 434 g/mol. The number of amides is 2. The van der Waals surface area contributed by atoms with E-state index in [0.717, 1.165) is 11.1 Å². The number of hydrogen-bond donors (Lipinski definition) is 2. The Morgan fingerprint density at radius 3 is 2.39 bits per heavy atom. The fourth-order valence-electron chi connectivity index (χ4n) is 3.50. The van der Waals surface area contributed by atoms with Gasteiger partial charge in [0.1, 0.15) is 0 Å². The second-order valence-corrected chi connectivity index (χ2v) is 9.40. The van der Waals surface area contributed by atoms with E-state index in [0.29, 0.717) is 16.5 Å². The van der Waals surface area contributed by atoms with Crippen LogP contribution in [0.1, 0.15) is 60.2 Å². The molecule has 0 aliphatic carbocycles. The summed E-state index contributed by atoms with van der Waals surface area (Å²) in [5, 5.41) is 15.3. The summed E-state index contributed by atoms with van der Waals surface area (Å²) < 4.78 is 1.85. The van der Waals surface area contributed by atoms with Crippen molar-refractivity contribution in [1.82, 2.24) is 25.4 Å². The minimum Gasteiger partial charge on any atom is -0.349 e. The molecule has 0 bridgehead atoms. The fraction of sp³-hybridized carbons (Fsp3) is 0.360. The number of nitrogens with zero attached hydrogens (tertiary/aromatic N) is 3. The molecule has 174 valence electrons. The zero-order chi connectivity index (χ0) is 24.0. The molecule has 0 fully saturated rings. The van der Waals surface area contributed by atoms with E-state index in [9.17, 15) is 9.59 Å². The van der Waals surface area contributed by atoms with Crippen LogP contribution in [0.5, 0.6) is 0 Å². The molecule has 33 heavy (non-hydrogen) atoms. The lowest BCUT2D eigenvalue weighted by molar-refractivity contribution is -0.119. The molecule has 1 heterocycles. The maximum atomic E-state index is 12.8. The second-order valence-electron chi connectivity index (χ2n) is 8.45. The van der Waals surface area contributed by atoms with Gasteiger partial charge in [-0.25, -0.2) is 0 Å². The largest absolute Gasteiger partial charge is 0.349 e. The Morgan fingerprint density at radius 2 is 1.73 bits per heavy atom. The number of nitrogens with one attached hydrogen (secondary N) is 2. The molecular formula is C25H31N5O2S. The zero-order valence-corrected chi connectivity index (χ0v) is 20.5. The predicted molar refractivity (Wildman–Crippen MR) is 131 cm³/mol. The number of hydrogen-bond acceptors (Lipinski definition) is 5. The van der Waals surface area contributed by atoms with Gasteiger partial charge >= 0.3 is 0 Å². The van der Waals surface area contributed by atoms with E-state index in [4.69, 9.17) is 0 Å². The second kappa shape index (κ2) is 11.1. The van der Waals surface area contributed by atoms with Gasteiger partial charge in [-0.2, -0.15) is 0 Å². The molecule has 2 atom stereocenters. The van der Waals surface area contributed by atoms with Gasteiger partial charge in [0.2, 0.25) is 5.91 Å². The van der Waals surface area contributed by atoms with Crippen molar-refractivity contribution in [3.8, 4) is 0 Å². The molecule has 0 unspecified atom stereocenters. The maximum Gasteiger partial charge on any atom is 0.251 e. The van der Waals surface area contributed by atoms with E-state index < -0.39 is 0 Å². The van der Waals surface area contributed by atoms with Crippen LogP contribution in [0.4, 0.5) is 0 Å². The maximum absolute atomic E-state index is 12.8. The van der Waals surface area contributed by atoms with E-state index in [1.165, 1.54) is 11.8 Å². The highest BCUT2D eigenvalue weighted by molar-refractivity contribution is 7.99. The lowest BCUT2D eigenvalue weighted by Crippen LogP contribution is -2.33. The Kier molecular flexibility index (Phi) is 8.27. The van der Waals surface area contributed by atoms with Crippen molar-refractivity contribution in [2.45, 2.75) is 44.9 Å². The highest BCUT2D eigenvalue weighted by atomic mass is 32.2. The molecule has 2 N–H and O–H groups in total. The summed E-state index contributed by atoms with van der Waals surface area (Å²) in [4.78, 5) is 25.3. The third kappa shape index (κ3) is 6.44. The lowest BCUT2D eigenvalue weighted by atomic mass is 10.0. The summed E-state index contributed by atoms with van der Waals surface area (Å²) in [5.41, 5.74) is 2.70. The quantitative estimate of drug-likeness (QED) is 0.462. The molecule has 0 aliphatic rings. The van der Waals surface area contributed by atoms with Crippen LogP contribution >= 0.6 is 11.8 Å². The molecule has 8 heteroatoms. The van der Waals surface area contributed by atoms with Crippen LogP contribution in [0.25, 0.3) is 0 Å². The highest BCUT2D eigenvalue weighted by Crippen LogP contribution is 2.24. The van der Waals surface area contributed by atoms with E-state index >= 15 is 0 Å². The topological polar surface area (TPSA) is 88.9 Å². The van der Waals surface area contributed by atoms with E-state index in [2.05, 4.69) is 20.8 Å². The summed E-state index contributed by atoms with van der Waals surface area (Å²) in [6, 6.07) is 16.9. The first-order valence-corrected chi connectivity index (χ1v) is 12.0. The van der Waals surface area contributed by atoms with Crippen molar-refractivity contribution in [2.75, 3.05) is 5.75 Å². The minimum absolute atomic E-state index is 0.0727. The summed E-state index contributed by atoms with van der Waals surface area (Å²) in [6.07, 6.45) is 0. The lowest BCUT2D eigenvalue weighted by Gasteiger charge is -2.22. The summed E-state index contributed by atoms with van der Waals surface area (Å²) >= 11 is 1.32.